The molecule has 0 spiro atoms. The van der Waals surface area contributed by atoms with Gasteiger partial charge in [0.25, 0.3) is 5.91 Å². The molecule has 1 aromatic carbocycles. The van der Waals surface area contributed by atoms with E-state index in [1.807, 2.05) is 32.0 Å². The largest absolute Gasteiger partial charge is 0.497 e. The second-order valence-corrected chi connectivity index (χ2v) is 7.76. The maximum atomic E-state index is 12.6. The first-order valence-corrected chi connectivity index (χ1v) is 10.6. The maximum Gasteiger partial charge on any atom is 0.300 e. The SMILES string of the molecule is CCn1nc(C(=O)N=c2sc3ccc(OC)cc3n2CCSC)cc1C. The van der Waals surface area contributed by atoms with Crippen molar-refractivity contribution in [3.05, 3.63) is 40.5 Å². The van der Waals surface area contributed by atoms with Crippen molar-refractivity contribution in [2.75, 3.05) is 19.1 Å². The third kappa shape index (κ3) is 3.71. The molecule has 1 amide bonds. The molecular weight excluding hydrogens is 368 g/mol. The lowest BCUT2D eigenvalue weighted by Gasteiger charge is -2.05. The van der Waals surface area contributed by atoms with Crippen molar-refractivity contribution < 1.29 is 9.53 Å². The summed E-state index contributed by atoms with van der Waals surface area (Å²) in [7, 11) is 1.65. The van der Waals surface area contributed by atoms with E-state index in [-0.39, 0.29) is 5.91 Å². The minimum Gasteiger partial charge on any atom is -0.497 e. The molecular formula is C18H22N4O2S2. The average molecular weight is 391 g/mol. The van der Waals surface area contributed by atoms with Crippen molar-refractivity contribution in [3.63, 3.8) is 0 Å². The summed E-state index contributed by atoms with van der Waals surface area (Å²) < 4.78 is 10.3. The zero-order valence-corrected chi connectivity index (χ0v) is 17.0. The Labute approximate surface area is 160 Å². The van der Waals surface area contributed by atoms with E-state index in [1.54, 1.807) is 29.6 Å². The van der Waals surface area contributed by atoms with Gasteiger partial charge in [-0.2, -0.15) is 21.9 Å². The fraction of sp³-hybridized carbons (Fsp3) is 0.389. The highest BCUT2D eigenvalue weighted by atomic mass is 32.2. The van der Waals surface area contributed by atoms with Crippen LogP contribution in [0.15, 0.2) is 29.3 Å². The van der Waals surface area contributed by atoms with Gasteiger partial charge in [-0.15, -0.1) is 0 Å². The highest BCUT2D eigenvalue weighted by Gasteiger charge is 2.13. The monoisotopic (exact) mass is 390 g/mol. The number of aryl methyl sites for hydroxylation is 3. The van der Waals surface area contributed by atoms with Crippen LogP contribution >= 0.6 is 23.1 Å². The van der Waals surface area contributed by atoms with Crippen molar-refractivity contribution >= 4 is 39.2 Å². The molecule has 0 bridgehead atoms. The van der Waals surface area contributed by atoms with Crippen LogP contribution in [0.1, 0.15) is 23.1 Å². The van der Waals surface area contributed by atoms with Crippen molar-refractivity contribution in [3.8, 4) is 5.75 Å². The van der Waals surface area contributed by atoms with Gasteiger partial charge >= 0.3 is 0 Å². The number of rotatable bonds is 6. The molecule has 6 nitrogen and oxygen atoms in total. The Kier molecular flexibility index (Phi) is 5.83. The van der Waals surface area contributed by atoms with E-state index in [0.29, 0.717) is 10.5 Å². The summed E-state index contributed by atoms with van der Waals surface area (Å²) in [5.74, 6) is 1.42. The Morgan fingerprint density at radius 3 is 2.85 bits per heavy atom. The normalized spacial score (nSPS) is 12.1. The molecule has 0 N–H and O–H groups in total. The van der Waals surface area contributed by atoms with Crippen LogP contribution in [0.5, 0.6) is 5.75 Å². The van der Waals surface area contributed by atoms with Gasteiger partial charge in [-0.3, -0.25) is 9.48 Å². The predicted molar refractivity (Wildman–Crippen MR) is 107 cm³/mol. The molecule has 3 rings (SSSR count). The third-order valence-corrected chi connectivity index (χ3v) is 5.76. The van der Waals surface area contributed by atoms with Gasteiger partial charge in [0.05, 0.1) is 17.3 Å². The van der Waals surface area contributed by atoms with E-state index < -0.39 is 0 Å². The second kappa shape index (κ2) is 8.09. The summed E-state index contributed by atoms with van der Waals surface area (Å²) in [6.07, 6.45) is 2.07. The van der Waals surface area contributed by atoms with Crippen LogP contribution in [0.2, 0.25) is 0 Å². The Balaban J connectivity index is 2.09. The van der Waals surface area contributed by atoms with Gasteiger partial charge in [-0.05, 0) is 38.3 Å². The minimum atomic E-state index is -0.309. The topological polar surface area (TPSA) is 61.4 Å². The quantitative estimate of drug-likeness (QED) is 0.648. The fourth-order valence-electron chi connectivity index (χ4n) is 2.74. The number of ether oxygens (including phenoxy) is 1. The summed E-state index contributed by atoms with van der Waals surface area (Å²) in [6, 6.07) is 7.72. The Morgan fingerprint density at radius 1 is 1.38 bits per heavy atom. The number of amides is 1. The average Bonchev–Trinajstić information content (AvgIpc) is 3.19. The molecule has 2 aromatic heterocycles. The maximum absolute atomic E-state index is 12.6. The highest BCUT2D eigenvalue weighted by molar-refractivity contribution is 7.98. The van der Waals surface area contributed by atoms with E-state index in [2.05, 4.69) is 20.9 Å². The number of carbonyl (C=O) groups is 1. The molecule has 8 heteroatoms. The molecule has 0 saturated carbocycles. The van der Waals surface area contributed by atoms with Crippen LogP contribution in [0.3, 0.4) is 0 Å². The number of thiazole rings is 1. The molecule has 0 aliphatic rings. The first-order chi connectivity index (χ1) is 12.6. The van der Waals surface area contributed by atoms with Crippen molar-refractivity contribution in [1.82, 2.24) is 14.3 Å². The van der Waals surface area contributed by atoms with Crippen LogP contribution in [-0.2, 0) is 13.1 Å². The van der Waals surface area contributed by atoms with Gasteiger partial charge in [-0.1, -0.05) is 11.3 Å². The number of methoxy groups -OCH3 is 1. The van der Waals surface area contributed by atoms with Gasteiger partial charge in [0.2, 0.25) is 0 Å². The lowest BCUT2D eigenvalue weighted by molar-refractivity contribution is 0.0992. The number of nitrogens with zero attached hydrogens (tertiary/aromatic N) is 4. The summed E-state index contributed by atoms with van der Waals surface area (Å²) in [5, 5.41) is 4.34. The first-order valence-electron chi connectivity index (χ1n) is 8.37. The molecule has 138 valence electrons. The predicted octanol–water partition coefficient (Wildman–Crippen LogP) is 3.34. The van der Waals surface area contributed by atoms with E-state index in [1.165, 1.54) is 11.3 Å². The number of hydrogen-bond acceptors (Lipinski definition) is 5. The zero-order valence-electron chi connectivity index (χ0n) is 15.4. The number of hydrogen-bond donors (Lipinski definition) is 0. The lowest BCUT2D eigenvalue weighted by atomic mass is 10.3. The van der Waals surface area contributed by atoms with Gasteiger partial charge < -0.3 is 9.30 Å². The lowest BCUT2D eigenvalue weighted by Crippen LogP contribution is -2.18. The zero-order chi connectivity index (χ0) is 18.7. The Bertz CT molecular complexity index is 1000. The van der Waals surface area contributed by atoms with Crippen LogP contribution in [0.4, 0.5) is 0 Å². The Morgan fingerprint density at radius 2 is 2.19 bits per heavy atom. The van der Waals surface area contributed by atoms with Gasteiger partial charge in [0, 0.05) is 30.6 Å². The number of benzene rings is 1. The number of aromatic nitrogens is 3. The van der Waals surface area contributed by atoms with Crippen LogP contribution in [0, 0.1) is 6.92 Å². The van der Waals surface area contributed by atoms with E-state index in [0.717, 1.165) is 40.5 Å². The summed E-state index contributed by atoms with van der Waals surface area (Å²) in [6.45, 7) is 5.46. The molecule has 0 unspecified atom stereocenters. The number of carbonyl (C=O) groups excluding carboxylic acids is 1. The molecule has 0 atom stereocenters. The van der Waals surface area contributed by atoms with E-state index in [9.17, 15) is 4.79 Å². The van der Waals surface area contributed by atoms with E-state index >= 15 is 0 Å². The van der Waals surface area contributed by atoms with Gasteiger partial charge in [0.15, 0.2) is 10.5 Å². The molecule has 3 aromatic rings. The van der Waals surface area contributed by atoms with Gasteiger partial charge in [0.1, 0.15) is 5.75 Å². The van der Waals surface area contributed by atoms with Crippen LogP contribution < -0.4 is 9.54 Å². The molecule has 0 saturated heterocycles. The standard InChI is InChI=1S/C18H22N4O2S2/c1-5-22-12(2)10-14(20-22)17(23)19-18-21(8-9-25-4)15-11-13(24-3)6-7-16(15)26-18/h6-7,10-11H,5,8-9H2,1-4H3. The molecule has 0 aliphatic carbocycles. The number of fused-ring (bicyclic) bond motifs is 1. The van der Waals surface area contributed by atoms with Crippen molar-refractivity contribution in [2.45, 2.75) is 26.9 Å². The van der Waals surface area contributed by atoms with Crippen LogP contribution in [-0.4, -0.2) is 39.4 Å². The number of thioether (sulfide) groups is 1. The highest BCUT2D eigenvalue weighted by Crippen LogP contribution is 2.23. The summed E-state index contributed by atoms with van der Waals surface area (Å²) in [4.78, 5) is 17.7. The first kappa shape index (κ1) is 18.7. The van der Waals surface area contributed by atoms with E-state index in [4.69, 9.17) is 4.74 Å². The molecule has 0 radical (unpaired) electrons. The van der Waals surface area contributed by atoms with Crippen molar-refractivity contribution in [2.24, 2.45) is 4.99 Å². The van der Waals surface area contributed by atoms with Crippen LogP contribution in [0.25, 0.3) is 10.2 Å². The molecule has 0 aliphatic heterocycles. The molecule has 26 heavy (non-hydrogen) atoms. The third-order valence-electron chi connectivity index (χ3n) is 4.11. The second-order valence-electron chi connectivity index (χ2n) is 5.77. The summed E-state index contributed by atoms with van der Waals surface area (Å²) >= 11 is 3.27. The minimum absolute atomic E-state index is 0.309. The Hall–Kier alpha value is -2.06. The molecule has 0 fully saturated rings. The van der Waals surface area contributed by atoms with Gasteiger partial charge in [-0.25, -0.2) is 0 Å². The van der Waals surface area contributed by atoms with Crippen molar-refractivity contribution in [1.29, 1.82) is 0 Å². The summed E-state index contributed by atoms with van der Waals surface area (Å²) in [5.41, 5.74) is 2.38. The smallest absolute Gasteiger partial charge is 0.300 e. The molecule has 2 heterocycles. The fourth-order valence-corrected chi connectivity index (χ4v) is 4.14.